The SMILES string of the molecule is Cc1ccc(C2=NC[C@@H](C)CC2)cn1. The molecule has 0 bridgehead atoms. The molecule has 0 saturated carbocycles. The fourth-order valence-electron chi connectivity index (χ4n) is 1.69. The highest BCUT2D eigenvalue weighted by Crippen LogP contribution is 2.17. The van der Waals surface area contributed by atoms with Gasteiger partial charge in [-0.2, -0.15) is 0 Å². The minimum Gasteiger partial charge on any atom is -0.289 e. The highest BCUT2D eigenvalue weighted by molar-refractivity contribution is 6.00. The predicted octanol–water partition coefficient (Wildman–Crippen LogP) is 2.61. The first-order chi connectivity index (χ1) is 6.75. The Bertz CT molecular complexity index is 338. The molecule has 2 rings (SSSR count). The molecule has 0 unspecified atom stereocenters. The van der Waals surface area contributed by atoms with Gasteiger partial charge in [0.2, 0.25) is 0 Å². The van der Waals surface area contributed by atoms with E-state index in [1.165, 1.54) is 17.7 Å². The lowest BCUT2D eigenvalue weighted by Crippen LogP contribution is -2.14. The fourth-order valence-corrected chi connectivity index (χ4v) is 1.69. The van der Waals surface area contributed by atoms with E-state index < -0.39 is 0 Å². The van der Waals surface area contributed by atoms with Gasteiger partial charge in [-0.15, -0.1) is 0 Å². The third kappa shape index (κ3) is 2.00. The Labute approximate surface area is 85.1 Å². The van der Waals surface area contributed by atoms with Gasteiger partial charge in [-0.1, -0.05) is 6.92 Å². The largest absolute Gasteiger partial charge is 0.289 e. The molecule has 0 fully saturated rings. The first-order valence-corrected chi connectivity index (χ1v) is 5.22. The van der Waals surface area contributed by atoms with Crippen LogP contribution in [-0.4, -0.2) is 17.2 Å². The molecule has 1 aliphatic rings. The van der Waals surface area contributed by atoms with Crippen LogP contribution in [0.25, 0.3) is 0 Å². The summed E-state index contributed by atoms with van der Waals surface area (Å²) in [6.07, 6.45) is 4.29. The summed E-state index contributed by atoms with van der Waals surface area (Å²) >= 11 is 0. The number of hydrogen-bond donors (Lipinski definition) is 0. The third-order valence-corrected chi connectivity index (χ3v) is 2.71. The van der Waals surface area contributed by atoms with Crippen LogP contribution < -0.4 is 0 Å². The van der Waals surface area contributed by atoms with Crippen molar-refractivity contribution < 1.29 is 0 Å². The maximum atomic E-state index is 4.59. The molecule has 0 saturated heterocycles. The zero-order valence-corrected chi connectivity index (χ0v) is 8.83. The van der Waals surface area contributed by atoms with E-state index in [4.69, 9.17) is 0 Å². The molecule has 0 spiro atoms. The van der Waals surface area contributed by atoms with Crippen molar-refractivity contribution in [3.05, 3.63) is 29.6 Å². The van der Waals surface area contributed by atoms with Gasteiger partial charge in [0, 0.05) is 29.7 Å². The first-order valence-electron chi connectivity index (χ1n) is 5.22. The maximum absolute atomic E-state index is 4.59. The normalized spacial score (nSPS) is 21.9. The van der Waals surface area contributed by atoms with Gasteiger partial charge >= 0.3 is 0 Å². The molecule has 2 nitrogen and oxygen atoms in total. The summed E-state index contributed by atoms with van der Waals surface area (Å²) in [5, 5.41) is 0. The van der Waals surface area contributed by atoms with Crippen LogP contribution in [0.3, 0.4) is 0 Å². The minimum absolute atomic E-state index is 0.747. The van der Waals surface area contributed by atoms with Crippen molar-refractivity contribution in [1.82, 2.24) is 4.98 Å². The summed E-state index contributed by atoms with van der Waals surface area (Å²) < 4.78 is 0. The van der Waals surface area contributed by atoms with Crippen LogP contribution >= 0.6 is 0 Å². The molecule has 2 heterocycles. The number of aromatic nitrogens is 1. The summed E-state index contributed by atoms with van der Waals surface area (Å²) in [7, 11) is 0. The first kappa shape index (κ1) is 9.38. The van der Waals surface area contributed by atoms with Gasteiger partial charge in [0.15, 0.2) is 0 Å². The fraction of sp³-hybridized carbons (Fsp3) is 0.500. The molecule has 1 aromatic rings. The van der Waals surface area contributed by atoms with E-state index in [-0.39, 0.29) is 0 Å². The molecule has 0 aromatic carbocycles. The van der Waals surface area contributed by atoms with E-state index in [0.29, 0.717) is 0 Å². The maximum Gasteiger partial charge on any atom is 0.0436 e. The quantitative estimate of drug-likeness (QED) is 0.665. The number of hydrogen-bond acceptors (Lipinski definition) is 2. The summed E-state index contributed by atoms with van der Waals surface area (Å²) in [4.78, 5) is 8.88. The zero-order chi connectivity index (χ0) is 9.97. The molecule has 0 radical (unpaired) electrons. The summed E-state index contributed by atoms with van der Waals surface area (Å²) in [5.41, 5.74) is 3.50. The van der Waals surface area contributed by atoms with Gasteiger partial charge in [-0.3, -0.25) is 9.98 Å². The Morgan fingerprint density at radius 2 is 2.21 bits per heavy atom. The zero-order valence-electron chi connectivity index (χ0n) is 8.83. The number of rotatable bonds is 1. The van der Waals surface area contributed by atoms with Gasteiger partial charge in [-0.05, 0) is 37.8 Å². The van der Waals surface area contributed by atoms with Crippen LogP contribution in [0.4, 0.5) is 0 Å². The lowest BCUT2D eigenvalue weighted by molar-refractivity contribution is 0.538. The van der Waals surface area contributed by atoms with Crippen molar-refractivity contribution in [2.45, 2.75) is 26.7 Å². The minimum atomic E-state index is 0.747. The molecule has 2 heteroatoms. The number of pyridine rings is 1. The molecule has 0 N–H and O–H groups in total. The summed E-state index contributed by atoms with van der Waals surface area (Å²) in [6.45, 7) is 5.24. The molecular weight excluding hydrogens is 172 g/mol. The molecular formula is C12H16N2. The Morgan fingerprint density at radius 3 is 2.79 bits per heavy atom. The van der Waals surface area contributed by atoms with E-state index in [1.54, 1.807) is 0 Å². The molecule has 1 aromatic heterocycles. The van der Waals surface area contributed by atoms with Crippen molar-refractivity contribution in [3.8, 4) is 0 Å². The average molecular weight is 188 g/mol. The van der Waals surface area contributed by atoms with Crippen molar-refractivity contribution in [1.29, 1.82) is 0 Å². The Hall–Kier alpha value is -1.18. The number of nitrogens with zero attached hydrogens (tertiary/aromatic N) is 2. The van der Waals surface area contributed by atoms with Crippen LogP contribution in [0, 0.1) is 12.8 Å². The van der Waals surface area contributed by atoms with Crippen LogP contribution in [0.15, 0.2) is 23.3 Å². The number of aliphatic imine (C=N–C) groups is 1. The van der Waals surface area contributed by atoms with Crippen LogP contribution in [0.5, 0.6) is 0 Å². The molecule has 0 aliphatic carbocycles. The van der Waals surface area contributed by atoms with Gasteiger partial charge in [-0.25, -0.2) is 0 Å². The second-order valence-corrected chi connectivity index (χ2v) is 4.12. The lowest BCUT2D eigenvalue weighted by atomic mass is 9.97. The van der Waals surface area contributed by atoms with E-state index in [0.717, 1.165) is 24.6 Å². The van der Waals surface area contributed by atoms with Crippen LogP contribution in [0.2, 0.25) is 0 Å². The standard InChI is InChI=1S/C12H16N2/c1-9-3-6-12(14-7-9)11-5-4-10(2)13-8-11/h4-5,8-9H,3,6-7H2,1-2H3/t9-/m0/s1. The second kappa shape index (κ2) is 3.91. The van der Waals surface area contributed by atoms with Crippen molar-refractivity contribution >= 4 is 5.71 Å². The van der Waals surface area contributed by atoms with Crippen molar-refractivity contribution in [3.63, 3.8) is 0 Å². The van der Waals surface area contributed by atoms with Crippen molar-refractivity contribution in [2.24, 2.45) is 10.9 Å². The van der Waals surface area contributed by atoms with E-state index in [9.17, 15) is 0 Å². The average Bonchev–Trinajstić information content (AvgIpc) is 2.21. The van der Waals surface area contributed by atoms with Gasteiger partial charge in [0.1, 0.15) is 0 Å². The monoisotopic (exact) mass is 188 g/mol. The van der Waals surface area contributed by atoms with Crippen LogP contribution in [-0.2, 0) is 0 Å². The lowest BCUT2D eigenvalue weighted by Gasteiger charge is -2.17. The highest BCUT2D eigenvalue weighted by Gasteiger charge is 2.12. The van der Waals surface area contributed by atoms with E-state index in [1.807, 2.05) is 13.1 Å². The molecule has 14 heavy (non-hydrogen) atoms. The van der Waals surface area contributed by atoms with Crippen LogP contribution in [0.1, 0.15) is 31.0 Å². The highest BCUT2D eigenvalue weighted by atomic mass is 14.8. The van der Waals surface area contributed by atoms with Gasteiger partial charge in [0.25, 0.3) is 0 Å². The molecule has 0 amide bonds. The van der Waals surface area contributed by atoms with Gasteiger partial charge < -0.3 is 0 Å². The Morgan fingerprint density at radius 1 is 1.36 bits per heavy atom. The molecule has 1 atom stereocenters. The predicted molar refractivity (Wildman–Crippen MR) is 58.8 cm³/mol. The number of aryl methyl sites for hydroxylation is 1. The Kier molecular flexibility index (Phi) is 2.62. The third-order valence-electron chi connectivity index (χ3n) is 2.71. The van der Waals surface area contributed by atoms with E-state index in [2.05, 4.69) is 29.0 Å². The van der Waals surface area contributed by atoms with E-state index >= 15 is 0 Å². The second-order valence-electron chi connectivity index (χ2n) is 4.12. The summed E-state index contributed by atoms with van der Waals surface area (Å²) in [6, 6.07) is 4.17. The molecule has 74 valence electrons. The smallest absolute Gasteiger partial charge is 0.0436 e. The van der Waals surface area contributed by atoms with Crippen molar-refractivity contribution in [2.75, 3.05) is 6.54 Å². The van der Waals surface area contributed by atoms with Gasteiger partial charge in [0.05, 0.1) is 0 Å². The topological polar surface area (TPSA) is 25.2 Å². The Balaban J connectivity index is 2.19. The summed E-state index contributed by atoms with van der Waals surface area (Å²) in [5.74, 6) is 0.747. The molecule has 1 aliphatic heterocycles.